The van der Waals surface area contributed by atoms with Crippen LogP contribution in [0.3, 0.4) is 0 Å². The molecule has 0 saturated carbocycles. The van der Waals surface area contributed by atoms with Crippen LogP contribution in [0.4, 0.5) is 5.69 Å². The number of rotatable bonds is 1. The summed E-state index contributed by atoms with van der Waals surface area (Å²) in [6, 6.07) is 10.5. The molecule has 0 bridgehead atoms. The molecule has 90 valence electrons. The molecule has 0 saturated heterocycles. The number of hydrogen-bond acceptors (Lipinski definition) is 3. The van der Waals surface area contributed by atoms with Crippen molar-refractivity contribution in [1.82, 2.24) is 4.98 Å². The summed E-state index contributed by atoms with van der Waals surface area (Å²) in [5, 5.41) is 1.08. The minimum Gasteiger partial charge on any atom is -0.436 e. The number of nitrogens with zero attached hydrogens (tertiary/aromatic N) is 1. The summed E-state index contributed by atoms with van der Waals surface area (Å²) in [6.45, 7) is 0. The van der Waals surface area contributed by atoms with Crippen molar-refractivity contribution in [2.75, 3.05) is 5.73 Å². The molecular weight excluding hydrogens is 271 g/mol. The van der Waals surface area contributed by atoms with Gasteiger partial charge in [-0.1, -0.05) is 23.2 Å². The predicted octanol–water partition coefficient (Wildman–Crippen LogP) is 4.38. The van der Waals surface area contributed by atoms with Gasteiger partial charge >= 0.3 is 0 Å². The van der Waals surface area contributed by atoms with Gasteiger partial charge in [-0.15, -0.1) is 0 Å². The number of hydrogen-bond donors (Lipinski definition) is 1. The fourth-order valence-electron chi connectivity index (χ4n) is 1.74. The molecule has 0 unspecified atom stereocenters. The molecule has 1 heterocycles. The van der Waals surface area contributed by atoms with E-state index in [2.05, 4.69) is 4.98 Å². The van der Waals surface area contributed by atoms with Crippen LogP contribution in [-0.2, 0) is 0 Å². The number of oxazole rings is 1. The van der Waals surface area contributed by atoms with E-state index in [1.807, 2.05) is 6.07 Å². The average Bonchev–Trinajstić information content (AvgIpc) is 2.70. The Morgan fingerprint density at radius 3 is 2.44 bits per heavy atom. The lowest BCUT2D eigenvalue weighted by atomic mass is 10.2. The SMILES string of the molecule is Nc1ccc2nc(-c3cc(Cl)cc(Cl)c3)oc2c1. The zero-order valence-corrected chi connectivity index (χ0v) is 10.7. The van der Waals surface area contributed by atoms with E-state index in [-0.39, 0.29) is 0 Å². The molecule has 0 radical (unpaired) electrons. The molecule has 2 N–H and O–H groups in total. The van der Waals surface area contributed by atoms with Gasteiger partial charge in [-0.05, 0) is 30.3 Å². The van der Waals surface area contributed by atoms with E-state index in [0.29, 0.717) is 27.2 Å². The molecule has 0 aliphatic heterocycles. The van der Waals surface area contributed by atoms with Crippen molar-refractivity contribution in [2.24, 2.45) is 0 Å². The highest BCUT2D eigenvalue weighted by Crippen LogP contribution is 2.29. The summed E-state index contributed by atoms with van der Waals surface area (Å²) in [6.07, 6.45) is 0. The van der Waals surface area contributed by atoms with Gasteiger partial charge in [0.05, 0.1) is 0 Å². The third-order valence-corrected chi connectivity index (χ3v) is 2.96. The molecule has 0 amide bonds. The molecule has 0 aliphatic carbocycles. The standard InChI is InChI=1S/C13H8Cl2N2O/c14-8-3-7(4-9(15)5-8)13-17-11-2-1-10(16)6-12(11)18-13/h1-6H,16H2. The monoisotopic (exact) mass is 278 g/mol. The molecule has 0 atom stereocenters. The first-order chi connectivity index (χ1) is 8.61. The molecular formula is C13H8Cl2N2O. The van der Waals surface area contributed by atoms with Gasteiger partial charge in [0.25, 0.3) is 0 Å². The zero-order valence-electron chi connectivity index (χ0n) is 9.15. The van der Waals surface area contributed by atoms with Gasteiger partial charge < -0.3 is 10.2 Å². The molecule has 5 heteroatoms. The van der Waals surface area contributed by atoms with Crippen LogP contribution in [0.15, 0.2) is 40.8 Å². The van der Waals surface area contributed by atoms with Gasteiger partial charge in [0.1, 0.15) is 5.52 Å². The number of anilines is 1. The van der Waals surface area contributed by atoms with Crippen molar-refractivity contribution in [3.8, 4) is 11.5 Å². The fourth-order valence-corrected chi connectivity index (χ4v) is 2.27. The van der Waals surface area contributed by atoms with Gasteiger partial charge in [0.2, 0.25) is 5.89 Å². The second-order valence-electron chi connectivity index (χ2n) is 3.90. The van der Waals surface area contributed by atoms with Gasteiger partial charge in [0, 0.05) is 27.4 Å². The van der Waals surface area contributed by atoms with Crippen LogP contribution in [-0.4, -0.2) is 4.98 Å². The van der Waals surface area contributed by atoms with Crippen molar-refractivity contribution < 1.29 is 4.42 Å². The lowest BCUT2D eigenvalue weighted by Crippen LogP contribution is -1.81. The second-order valence-corrected chi connectivity index (χ2v) is 4.78. The number of fused-ring (bicyclic) bond motifs is 1. The first kappa shape index (κ1) is 11.4. The molecule has 1 aromatic heterocycles. The van der Waals surface area contributed by atoms with Crippen molar-refractivity contribution in [3.05, 3.63) is 46.4 Å². The third-order valence-electron chi connectivity index (χ3n) is 2.52. The van der Waals surface area contributed by atoms with Crippen LogP contribution in [0.25, 0.3) is 22.6 Å². The summed E-state index contributed by atoms with van der Waals surface area (Å²) in [7, 11) is 0. The summed E-state index contributed by atoms with van der Waals surface area (Å²) >= 11 is 11.9. The summed E-state index contributed by atoms with van der Waals surface area (Å²) < 4.78 is 5.64. The van der Waals surface area contributed by atoms with E-state index < -0.39 is 0 Å². The lowest BCUT2D eigenvalue weighted by molar-refractivity contribution is 0.620. The Labute approximate surface area is 113 Å². The molecule has 18 heavy (non-hydrogen) atoms. The maximum Gasteiger partial charge on any atom is 0.227 e. The first-order valence-corrected chi connectivity index (χ1v) is 6.00. The maximum absolute atomic E-state index is 5.95. The normalized spacial score (nSPS) is 11.0. The van der Waals surface area contributed by atoms with Crippen LogP contribution in [0.2, 0.25) is 10.0 Å². The number of nitrogen functional groups attached to an aromatic ring is 1. The third kappa shape index (κ3) is 2.03. The Morgan fingerprint density at radius 1 is 1.00 bits per heavy atom. The number of halogens is 2. The lowest BCUT2D eigenvalue weighted by Gasteiger charge is -1.97. The van der Waals surface area contributed by atoms with Gasteiger partial charge in [-0.3, -0.25) is 0 Å². The van der Waals surface area contributed by atoms with E-state index in [1.54, 1.807) is 30.3 Å². The van der Waals surface area contributed by atoms with Gasteiger partial charge in [-0.25, -0.2) is 4.98 Å². The van der Waals surface area contributed by atoms with Crippen LogP contribution in [0.1, 0.15) is 0 Å². The molecule has 0 fully saturated rings. The van der Waals surface area contributed by atoms with Crippen molar-refractivity contribution in [3.63, 3.8) is 0 Å². The summed E-state index contributed by atoms with van der Waals surface area (Å²) in [5.41, 5.74) is 8.45. The van der Waals surface area contributed by atoms with Crippen LogP contribution >= 0.6 is 23.2 Å². The predicted molar refractivity (Wildman–Crippen MR) is 73.9 cm³/mol. The van der Waals surface area contributed by atoms with Gasteiger partial charge in [-0.2, -0.15) is 0 Å². The van der Waals surface area contributed by atoms with E-state index >= 15 is 0 Å². The molecule has 3 nitrogen and oxygen atoms in total. The Balaban J connectivity index is 2.19. The molecule has 0 aliphatic rings. The highest BCUT2D eigenvalue weighted by Gasteiger charge is 2.09. The van der Waals surface area contributed by atoms with Crippen molar-refractivity contribution in [2.45, 2.75) is 0 Å². The highest BCUT2D eigenvalue weighted by molar-refractivity contribution is 6.35. The van der Waals surface area contributed by atoms with Crippen molar-refractivity contribution in [1.29, 1.82) is 0 Å². The summed E-state index contributed by atoms with van der Waals surface area (Å²) in [5.74, 6) is 0.472. The van der Waals surface area contributed by atoms with Crippen LogP contribution in [0, 0.1) is 0 Å². The van der Waals surface area contributed by atoms with Crippen LogP contribution in [0.5, 0.6) is 0 Å². The van der Waals surface area contributed by atoms with E-state index in [9.17, 15) is 0 Å². The van der Waals surface area contributed by atoms with Crippen LogP contribution < -0.4 is 5.73 Å². The topological polar surface area (TPSA) is 52.0 Å². The Hall–Kier alpha value is -1.71. The Bertz CT molecular complexity index is 717. The Kier molecular flexibility index (Phi) is 2.65. The fraction of sp³-hybridized carbons (Fsp3) is 0. The molecule has 3 rings (SSSR count). The average molecular weight is 279 g/mol. The largest absolute Gasteiger partial charge is 0.436 e. The van der Waals surface area contributed by atoms with Crippen molar-refractivity contribution >= 4 is 40.0 Å². The van der Waals surface area contributed by atoms with Gasteiger partial charge in [0.15, 0.2) is 5.58 Å². The van der Waals surface area contributed by atoms with E-state index in [4.69, 9.17) is 33.4 Å². The van der Waals surface area contributed by atoms with E-state index in [1.165, 1.54) is 0 Å². The zero-order chi connectivity index (χ0) is 12.7. The number of aromatic nitrogens is 1. The summed E-state index contributed by atoms with van der Waals surface area (Å²) in [4.78, 5) is 4.37. The number of benzene rings is 2. The first-order valence-electron chi connectivity index (χ1n) is 5.24. The minimum absolute atomic E-state index is 0.472. The van der Waals surface area contributed by atoms with E-state index in [0.717, 1.165) is 11.1 Å². The molecule has 3 aromatic rings. The quantitative estimate of drug-likeness (QED) is 0.672. The minimum atomic E-state index is 0.472. The maximum atomic E-state index is 5.95. The molecule has 0 spiro atoms. The highest BCUT2D eigenvalue weighted by atomic mass is 35.5. The second kappa shape index (κ2) is 4.19. The molecule has 2 aromatic carbocycles. The smallest absolute Gasteiger partial charge is 0.227 e. The Morgan fingerprint density at radius 2 is 1.72 bits per heavy atom. The number of nitrogens with two attached hydrogens (primary N) is 1.